The van der Waals surface area contributed by atoms with Crippen LogP contribution in [0.1, 0.15) is 11.1 Å². The van der Waals surface area contributed by atoms with Gasteiger partial charge in [0, 0.05) is 16.3 Å². The van der Waals surface area contributed by atoms with Gasteiger partial charge in [0.15, 0.2) is 0 Å². The van der Waals surface area contributed by atoms with Crippen molar-refractivity contribution in [1.82, 2.24) is 10.2 Å². The molecule has 0 aliphatic rings. The summed E-state index contributed by atoms with van der Waals surface area (Å²) in [7, 11) is 0. The van der Waals surface area contributed by atoms with Crippen molar-refractivity contribution in [3.05, 3.63) is 82.9 Å². The van der Waals surface area contributed by atoms with Gasteiger partial charge in [0.2, 0.25) is 5.88 Å². The lowest BCUT2D eigenvalue weighted by Crippen LogP contribution is -2.05. The van der Waals surface area contributed by atoms with Crippen molar-refractivity contribution in [2.75, 3.05) is 0 Å². The Morgan fingerprint density at radius 3 is 2.38 bits per heavy atom. The van der Waals surface area contributed by atoms with Crippen molar-refractivity contribution in [1.29, 1.82) is 0 Å². The van der Waals surface area contributed by atoms with Crippen molar-refractivity contribution in [3.63, 3.8) is 0 Å². The molecule has 0 amide bonds. The fraction of sp³-hybridized carbons (Fsp3) is 0.0909. The van der Waals surface area contributed by atoms with Gasteiger partial charge in [-0.05, 0) is 42.8 Å². The fourth-order valence-electron chi connectivity index (χ4n) is 3.00. The van der Waals surface area contributed by atoms with Crippen molar-refractivity contribution < 1.29 is 17.9 Å². The average Bonchev–Trinajstić information content (AvgIpc) is 2.70. The van der Waals surface area contributed by atoms with E-state index in [1.807, 2.05) is 13.0 Å². The topological polar surface area (TPSA) is 35.0 Å². The molecule has 146 valence electrons. The third kappa shape index (κ3) is 3.89. The van der Waals surface area contributed by atoms with Crippen molar-refractivity contribution in [3.8, 4) is 22.9 Å². The molecule has 0 atom stereocenters. The lowest BCUT2D eigenvalue weighted by molar-refractivity contribution is -0.137. The number of benzene rings is 3. The van der Waals surface area contributed by atoms with Gasteiger partial charge in [0.25, 0.3) is 0 Å². The SMILES string of the molecule is Cc1ccc(Cl)c(Oc2nnc(-c3cccc(C(F)(F)F)c3)c3ccccc23)c1. The van der Waals surface area contributed by atoms with Crippen LogP contribution >= 0.6 is 11.6 Å². The van der Waals surface area contributed by atoms with Gasteiger partial charge < -0.3 is 4.74 Å². The second-order valence-electron chi connectivity index (χ2n) is 6.51. The van der Waals surface area contributed by atoms with Gasteiger partial charge in [-0.15, -0.1) is 10.2 Å². The van der Waals surface area contributed by atoms with Crippen LogP contribution in [0.5, 0.6) is 11.6 Å². The summed E-state index contributed by atoms with van der Waals surface area (Å²) in [5.74, 6) is 0.654. The fourth-order valence-corrected chi connectivity index (χ4v) is 3.16. The Morgan fingerprint density at radius 1 is 0.862 bits per heavy atom. The molecule has 0 saturated heterocycles. The second kappa shape index (κ2) is 7.37. The first-order valence-corrected chi connectivity index (χ1v) is 9.08. The van der Waals surface area contributed by atoms with Gasteiger partial charge in [-0.2, -0.15) is 13.2 Å². The molecule has 0 spiro atoms. The summed E-state index contributed by atoms with van der Waals surface area (Å²) >= 11 is 6.20. The first kappa shape index (κ1) is 19.2. The summed E-state index contributed by atoms with van der Waals surface area (Å²) in [5.41, 5.74) is 0.882. The minimum absolute atomic E-state index is 0.226. The standard InChI is InChI=1S/C22H14ClF3N2O/c1-13-9-10-18(23)19(11-13)29-21-17-8-3-2-7-16(17)20(27-28-21)14-5-4-6-15(12-14)22(24,25)26/h2-12H,1H3. The van der Waals surface area contributed by atoms with E-state index in [-0.39, 0.29) is 5.88 Å². The molecule has 0 aliphatic carbocycles. The van der Waals surface area contributed by atoms with Gasteiger partial charge in [-0.3, -0.25) is 0 Å². The quantitative estimate of drug-likeness (QED) is 0.359. The molecule has 0 unspecified atom stereocenters. The van der Waals surface area contributed by atoms with Crippen molar-refractivity contribution >= 4 is 22.4 Å². The van der Waals surface area contributed by atoms with Gasteiger partial charge in [0.05, 0.1) is 10.6 Å². The summed E-state index contributed by atoms with van der Waals surface area (Å²) in [6.07, 6.45) is -4.44. The maximum atomic E-state index is 13.1. The second-order valence-corrected chi connectivity index (χ2v) is 6.92. The molecule has 7 heteroatoms. The van der Waals surface area contributed by atoms with Crippen LogP contribution in [0.4, 0.5) is 13.2 Å². The maximum absolute atomic E-state index is 13.1. The van der Waals surface area contributed by atoms with Crippen LogP contribution in [0.15, 0.2) is 66.7 Å². The van der Waals surface area contributed by atoms with Gasteiger partial charge in [-0.25, -0.2) is 0 Å². The first-order chi connectivity index (χ1) is 13.8. The monoisotopic (exact) mass is 414 g/mol. The van der Waals surface area contributed by atoms with E-state index in [4.69, 9.17) is 16.3 Å². The number of aromatic nitrogens is 2. The average molecular weight is 415 g/mol. The molecule has 1 aromatic heterocycles. The molecule has 0 N–H and O–H groups in total. The van der Waals surface area contributed by atoms with Gasteiger partial charge in [-0.1, -0.05) is 48.0 Å². The predicted molar refractivity (Wildman–Crippen MR) is 106 cm³/mol. The zero-order chi connectivity index (χ0) is 20.6. The Labute approximate surface area is 169 Å². The molecular formula is C22H14ClF3N2O. The summed E-state index contributed by atoms with van der Waals surface area (Å²) in [5, 5.41) is 9.96. The summed E-state index contributed by atoms with van der Waals surface area (Å²) in [6, 6.07) is 17.5. The Morgan fingerprint density at radius 2 is 1.62 bits per heavy atom. The van der Waals surface area contributed by atoms with E-state index >= 15 is 0 Å². The van der Waals surface area contributed by atoms with Crippen LogP contribution in [-0.2, 0) is 6.18 Å². The van der Waals surface area contributed by atoms with E-state index < -0.39 is 11.7 Å². The smallest absolute Gasteiger partial charge is 0.416 e. The zero-order valence-corrected chi connectivity index (χ0v) is 15.9. The molecule has 0 aliphatic heterocycles. The minimum atomic E-state index is -4.44. The lowest BCUT2D eigenvalue weighted by Gasteiger charge is -2.13. The Balaban J connectivity index is 1.84. The molecule has 0 radical (unpaired) electrons. The van der Waals surface area contributed by atoms with Crippen molar-refractivity contribution in [2.24, 2.45) is 0 Å². The number of hydrogen-bond donors (Lipinski definition) is 0. The molecule has 0 saturated carbocycles. The highest BCUT2D eigenvalue weighted by Gasteiger charge is 2.30. The number of aryl methyl sites for hydroxylation is 1. The molecular weight excluding hydrogens is 401 g/mol. The van der Waals surface area contributed by atoms with Crippen LogP contribution in [0, 0.1) is 6.92 Å². The molecule has 4 aromatic rings. The van der Waals surface area contributed by atoms with Crippen LogP contribution < -0.4 is 4.74 Å². The van der Waals surface area contributed by atoms with E-state index in [9.17, 15) is 13.2 Å². The van der Waals surface area contributed by atoms with Crippen LogP contribution in [-0.4, -0.2) is 10.2 Å². The lowest BCUT2D eigenvalue weighted by atomic mass is 10.0. The predicted octanol–water partition coefficient (Wildman–Crippen LogP) is 7.07. The van der Waals surface area contributed by atoms with E-state index in [1.165, 1.54) is 6.07 Å². The number of rotatable bonds is 3. The molecule has 29 heavy (non-hydrogen) atoms. The summed E-state index contributed by atoms with van der Waals surface area (Å²) < 4.78 is 45.2. The summed E-state index contributed by atoms with van der Waals surface area (Å²) in [4.78, 5) is 0. The molecule has 1 heterocycles. The number of alkyl halides is 3. The van der Waals surface area contributed by atoms with E-state index in [0.717, 1.165) is 17.7 Å². The maximum Gasteiger partial charge on any atom is 0.416 e. The zero-order valence-electron chi connectivity index (χ0n) is 15.2. The summed E-state index contributed by atoms with van der Waals surface area (Å²) in [6.45, 7) is 1.91. The highest BCUT2D eigenvalue weighted by atomic mass is 35.5. The van der Waals surface area contributed by atoms with E-state index in [0.29, 0.717) is 32.8 Å². The third-order valence-electron chi connectivity index (χ3n) is 4.41. The van der Waals surface area contributed by atoms with Crippen LogP contribution in [0.3, 0.4) is 0 Å². The number of halogens is 4. The van der Waals surface area contributed by atoms with Gasteiger partial charge in [0.1, 0.15) is 11.4 Å². The normalized spacial score (nSPS) is 11.6. The number of ether oxygens (including phenoxy) is 1. The van der Waals surface area contributed by atoms with E-state index in [2.05, 4.69) is 10.2 Å². The van der Waals surface area contributed by atoms with Gasteiger partial charge >= 0.3 is 6.18 Å². The minimum Gasteiger partial charge on any atom is -0.435 e. The third-order valence-corrected chi connectivity index (χ3v) is 4.72. The molecule has 4 rings (SSSR count). The van der Waals surface area contributed by atoms with Crippen LogP contribution in [0.2, 0.25) is 5.02 Å². The highest BCUT2D eigenvalue weighted by molar-refractivity contribution is 6.32. The number of nitrogens with zero attached hydrogens (tertiary/aromatic N) is 2. The molecule has 3 nitrogen and oxygen atoms in total. The Kier molecular flexibility index (Phi) is 4.88. The largest absolute Gasteiger partial charge is 0.435 e. The Hall–Kier alpha value is -3.12. The number of fused-ring (bicyclic) bond motifs is 1. The molecule has 3 aromatic carbocycles. The van der Waals surface area contributed by atoms with Crippen LogP contribution in [0.25, 0.3) is 22.0 Å². The van der Waals surface area contributed by atoms with Crippen molar-refractivity contribution in [2.45, 2.75) is 13.1 Å². The van der Waals surface area contributed by atoms with E-state index in [1.54, 1.807) is 42.5 Å². The Bertz CT molecular complexity index is 1210. The molecule has 0 bridgehead atoms. The molecule has 0 fully saturated rings. The first-order valence-electron chi connectivity index (χ1n) is 8.70. The highest BCUT2D eigenvalue weighted by Crippen LogP contribution is 2.37. The number of hydrogen-bond acceptors (Lipinski definition) is 3.